The number of aromatic nitrogens is 1. The molecule has 8 saturated carbocycles. The number of phenolic OH excluding ortho intramolecular Hbond substituents is 2. The number of unbranched alkanes of at least 4 members (excludes halogenated alkanes) is 9. The predicted molar refractivity (Wildman–Crippen MR) is 309 cm³/mol. The van der Waals surface area contributed by atoms with Gasteiger partial charge in [-0.25, -0.2) is 4.98 Å². The summed E-state index contributed by atoms with van der Waals surface area (Å²) < 4.78 is 0. The molecule has 0 unspecified atom stereocenters. The van der Waals surface area contributed by atoms with Gasteiger partial charge in [0.15, 0.2) is 0 Å². The minimum absolute atomic E-state index is 0. The van der Waals surface area contributed by atoms with Gasteiger partial charge in [-0.1, -0.05) is 167 Å². The molecule has 0 amide bonds. The molecule has 0 radical (unpaired) electrons. The maximum Gasteiger partial charge on any atom is 0.127 e. The van der Waals surface area contributed by atoms with E-state index in [-0.39, 0.29) is 47.9 Å². The van der Waals surface area contributed by atoms with Crippen molar-refractivity contribution in [1.29, 1.82) is 0 Å². The molecule has 1 heterocycles. The number of nitrogens with zero attached hydrogens (tertiary/aromatic N) is 1. The van der Waals surface area contributed by atoms with Crippen LogP contribution < -0.4 is 0 Å². The van der Waals surface area contributed by atoms with Crippen molar-refractivity contribution in [1.82, 2.24) is 4.98 Å². The van der Waals surface area contributed by atoms with Crippen molar-refractivity contribution >= 4 is 11.8 Å². The second-order valence-corrected chi connectivity index (χ2v) is 28.6. The third kappa shape index (κ3) is 11.0. The van der Waals surface area contributed by atoms with Crippen molar-refractivity contribution in [3.8, 4) is 56.3 Å². The summed E-state index contributed by atoms with van der Waals surface area (Å²) in [5.74, 6) is 6.75. The summed E-state index contributed by atoms with van der Waals surface area (Å²) in [5, 5.41) is 25.9. The van der Waals surface area contributed by atoms with Crippen LogP contribution in [-0.4, -0.2) is 20.9 Å². The van der Waals surface area contributed by atoms with E-state index in [0.29, 0.717) is 11.5 Å². The summed E-state index contributed by atoms with van der Waals surface area (Å²) in [7, 11) is 0. The summed E-state index contributed by atoms with van der Waals surface area (Å²) in [5.41, 5.74) is 12.9. The number of pyridine rings is 1. The number of phenols is 2. The third-order valence-corrected chi connectivity index (χ3v) is 20.8. The van der Waals surface area contributed by atoms with Crippen molar-refractivity contribution in [2.24, 2.45) is 35.5 Å². The van der Waals surface area contributed by atoms with Crippen molar-refractivity contribution in [3.63, 3.8) is 0 Å². The van der Waals surface area contributed by atoms with Gasteiger partial charge >= 0.3 is 0 Å². The summed E-state index contributed by atoms with van der Waals surface area (Å²) in [6.45, 7) is 16.3. The molecule has 0 atom stereocenters. The number of thioether (sulfide) groups is 1. The zero-order chi connectivity index (χ0) is 50.7. The Morgan fingerprint density at radius 2 is 0.797 bits per heavy atom. The third-order valence-electron chi connectivity index (χ3n) is 19.7. The van der Waals surface area contributed by atoms with Crippen molar-refractivity contribution in [2.75, 3.05) is 5.75 Å². The van der Waals surface area contributed by atoms with Crippen LogP contribution in [0, 0.1) is 35.5 Å². The van der Waals surface area contributed by atoms with Crippen LogP contribution in [0.4, 0.5) is 0 Å². The standard InChI is InChI=1S/C69H89NO2S.Zr/c1-8-9-10-11-12-13-14-15-16-21-26-73-53-37-62(56-24-19-17-22-54(56)58-33-51(66(2,3)4)35-60(64(58)71)68-39-45-27-46(40-68)29-47(28-45)41-68)70-63(38-53)57-25-20-18-23-55(57)59-34-52(67(5,6)7)36-61(65(59)72)69-42-48-30-49(43-69)32-50(31-48)44-69;/h17-20,22-25,33-38,45-50,71-72H,8-16,21,26-32,39-44H2,1-7H3;. The maximum atomic E-state index is 12.9. The SMILES string of the molecule is CCCCCCCCCCCCSc1cc(-c2ccccc2-c2cc(C(C)(C)C)cc(C34CC5CC(CC(C5)C3)C4)c2O)nc(-c2ccccc2-c2cc(C(C)(C)C)cc(C34CC5CC(CC(C5)C3)C4)c2O)c1.[Zr]. The summed E-state index contributed by atoms with van der Waals surface area (Å²) in [4.78, 5) is 6.96. The fourth-order valence-electron chi connectivity index (χ4n) is 16.8. The Labute approximate surface area is 470 Å². The van der Waals surface area contributed by atoms with Crippen LogP contribution in [0.2, 0.25) is 0 Å². The number of hydrogen-bond acceptors (Lipinski definition) is 4. The van der Waals surface area contributed by atoms with Crippen LogP contribution in [0.25, 0.3) is 44.8 Å². The van der Waals surface area contributed by atoms with Crippen LogP contribution in [0.3, 0.4) is 0 Å². The maximum absolute atomic E-state index is 12.9. The molecule has 3 nitrogen and oxygen atoms in total. The normalized spacial score (nSPS) is 26.7. The molecule has 8 aliphatic rings. The Morgan fingerprint density at radius 1 is 0.459 bits per heavy atom. The molecule has 2 N–H and O–H groups in total. The first kappa shape index (κ1) is 54.2. The largest absolute Gasteiger partial charge is 0.507 e. The number of aromatic hydroxyl groups is 2. The van der Waals surface area contributed by atoms with Gasteiger partial charge in [0.25, 0.3) is 0 Å². The molecule has 8 aliphatic carbocycles. The van der Waals surface area contributed by atoms with Gasteiger partial charge in [-0.05, 0) is 193 Å². The van der Waals surface area contributed by atoms with E-state index >= 15 is 0 Å². The van der Waals surface area contributed by atoms with Crippen LogP contribution in [-0.2, 0) is 47.9 Å². The second-order valence-electron chi connectivity index (χ2n) is 27.4. The first-order valence-electron chi connectivity index (χ1n) is 29.7. The molecule has 4 aromatic carbocycles. The predicted octanol–water partition coefficient (Wildman–Crippen LogP) is 19.7. The minimum atomic E-state index is -0.0832. The van der Waals surface area contributed by atoms with E-state index in [4.69, 9.17) is 4.98 Å². The molecule has 1 aromatic heterocycles. The van der Waals surface area contributed by atoms with E-state index in [1.807, 2.05) is 11.8 Å². The summed E-state index contributed by atoms with van der Waals surface area (Å²) in [6, 6.07) is 31.7. The Bertz CT molecular complexity index is 2550. The van der Waals surface area contributed by atoms with E-state index in [1.54, 1.807) is 0 Å². The molecule has 0 saturated heterocycles. The Balaban J connectivity index is 0.00000626. The van der Waals surface area contributed by atoms with Crippen molar-refractivity contribution in [2.45, 2.75) is 216 Å². The van der Waals surface area contributed by atoms with Gasteiger partial charge in [0, 0.05) is 64.5 Å². The smallest absolute Gasteiger partial charge is 0.127 e. The first-order valence-corrected chi connectivity index (χ1v) is 30.7. The summed E-state index contributed by atoms with van der Waals surface area (Å²) in [6.07, 6.45) is 28.9. The van der Waals surface area contributed by atoms with E-state index in [9.17, 15) is 10.2 Å². The fraction of sp³-hybridized carbons (Fsp3) is 0.580. The Morgan fingerprint density at radius 3 is 1.15 bits per heavy atom. The first-order chi connectivity index (χ1) is 35.1. The molecule has 8 fully saturated rings. The van der Waals surface area contributed by atoms with Gasteiger partial charge in [0.1, 0.15) is 11.5 Å². The zero-order valence-electron chi connectivity index (χ0n) is 46.6. The Kier molecular flexibility index (Phi) is 16.1. The van der Waals surface area contributed by atoms with Gasteiger partial charge in [-0.3, -0.25) is 0 Å². The molecular formula is C69H89NO2SZr. The molecule has 392 valence electrons. The van der Waals surface area contributed by atoms with E-state index in [0.717, 1.165) is 86.0 Å². The van der Waals surface area contributed by atoms with E-state index in [2.05, 4.69) is 133 Å². The van der Waals surface area contributed by atoms with Crippen LogP contribution >= 0.6 is 11.8 Å². The van der Waals surface area contributed by atoms with Gasteiger partial charge < -0.3 is 10.2 Å². The molecule has 5 aromatic rings. The van der Waals surface area contributed by atoms with Gasteiger partial charge in [-0.15, -0.1) is 11.8 Å². The number of hydrogen-bond donors (Lipinski definition) is 2. The molecule has 8 bridgehead atoms. The van der Waals surface area contributed by atoms with E-state index in [1.165, 1.54) is 168 Å². The molecule has 13 rings (SSSR count). The molecule has 74 heavy (non-hydrogen) atoms. The fourth-order valence-corrected chi connectivity index (χ4v) is 17.7. The van der Waals surface area contributed by atoms with Gasteiger partial charge in [0.2, 0.25) is 0 Å². The molecule has 0 spiro atoms. The quantitative estimate of drug-likeness (QED) is 0.0678. The van der Waals surface area contributed by atoms with Crippen LogP contribution in [0.1, 0.15) is 212 Å². The van der Waals surface area contributed by atoms with Crippen molar-refractivity contribution in [3.05, 3.63) is 107 Å². The topological polar surface area (TPSA) is 53.4 Å². The minimum Gasteiger partial charge on any atom is -0.507 e. The molecule has 0 aliphatic heterocycles. The van der Waals surface area contributed by atoms with Crippen LogP contribution in [0.5, 0.6) is 11.5 Å². The van der Waals surface area contributed by atoms with Crippen molar-refractivity contribution < 1.29 is 36.4 Å². The molecular weight excluding hydrogens is 998 g/mol. The van der Waals surface area contributed by atoms with E-state index < -0.39 is 0 Å². The number of benzene rings is 4. The zero-order valence-corrected chi connectivity index (χ0v) is 49.8. The second kappa shape index (κ2) is 21.9. The van der Waals surface area contributed by atoms with Gasteiger partial charge in [0.05, 0.1) is 11.4 Å². The monoisotopic (exact) mass is 1090 g/mol. The number of rotatable bonds is 18. The molecule has 5 heteroatoms. The average molecular weight is 1090 g/mol. The summed E-state index contributed by atoms with van der Waals surface area (Å²) >= 11 is 1.97. The van der Waals surface area contributed by atoms with Crippen LogP contribution in [0.15, 0.2) is 89.8 Å². The average Bonchev–Trinajstić information content (AvgIpc) is 3.34. The Hall–Kier alpha value is -3.14. The van der Waals surface area contributed by atoms with Gasteiger partial charge in [-0.2, -0.15) is 0 Å².